The van der Waals surface area contributed by atoms with Gasteiger partial charge in [-0.3, -0.25) is 14.9 Å². The first-order valence-corrected chi connectivity index (χ1v) is 10.4. The number of rotatable bonds is 5. The number of aryl methyl sites for hydroxylation is 2. The number of aromatic amines is 1. The molecule has 0 saturated heterocycles. The molecule has 5 rings (SSSR count). The Balaban J connectivity index is 1.34. The zero-order valence-corrected chi connectivity index (χ0v) is 16.9. The first-order valence-electron chi connectivity index (χ1n) is 9.55. The molecule has 0 saturated carbocycles. The normalized spacial score (nSPS) is 12.8. The lowest BCUT2D eigenvalue weighted by atomic mass is 10.1. The number of esters is 1. The van der Waals surface area contributed by atoms with E-state index in [9.17, 15) is 19.7 Å². The fraction of sp³-hybridized carbons (Fsp3) is 0.190. The van der Waals surface area contributed by atoms with Crippen LogP contribution in [-0.2, 0) is 24.2 Å². The van der Waals surface area contributed by atoms with Crippen molar-refractivity contribution in [2.45, 2.75) is 25.9 Å². The summed E-state index contributed by atoms with van der Waals surface area (Å²) in [6, 6.07) is 8.94. The second-order valence-electron chi connectivity index (χ2n) is 7.06. The molecule has 0 radical (unpaired) electrons. The molecule has 1 aromatic carbocycles. The van der Waals surface area contributed by atoms with E-state index in [1.54, 1.807) is 12.1 Å². The van der Waals surface area contributed by atoms with Gasteiger partial charge in [-0.2, -0.15) is 0 Å². The smallest absolute Gasteiger partial charge is 0.374 e. The third-order valence-electron chi connectivity index (χ3n) is 5.14. The van der Waals surface area contributed by atoms with Gasteiger partial charge in [-0.05, 0) is 43.0 Å². The summed E-state index contributed by atoms with van der Waals surface area (Å²) in [6.45, 7) is -0.228. The molecule has 0 fully saturated rings. The summed E-state index contributed by atoms with van der Waals surface area (Å²) < 4.78 is 10.7. The van der Waals surface area contributed by atoms with Crippen LogP contribution in [0.1, 0.15) is 33.2 Å². The Hall–Kier alpha value is -3.79. The maximum atomic E-state index is 12.5. The SMILES string of the molecule is O=C(OCc1nc2sc3c(c2c(=O)[nH]1)CCC3)c1ccc(-c2ccccc2[N+](=O)[O-])o1. The van der Waals surface area contributed by atoms with Gasteiger partial charge in [0.15, 0.2) is 0 Å². The van der Waals surface area contributed by atoms with Crippen molar-refractivity contribution in [3.05, 3.63) is 78.9 Å². The number of carbonyl (C=O) groups excluding carboxylic acids is 1. The minimum absolute atomic E-state index is 0.105. The number of nitro groups is 1. The van der Waals surface area contributed by atoms with Gasteiger partial charge in [-0.15, -0.1) is 11.3 Å². The maximum Gasteiger partial charge on any atom is 0.374 e. The van der Waals surface area contributed by atoms with Gasteiger partial charge >= 0.3 is 5.97 Å². The molecule has 10 heteroatoms. The topological polar surface area (TPSA) is 128 Å². The molecule has 31 heavy (non-hydrogen) atoms. The largest absolute Gasteiger partial charge is 0.452 e. The number of hydrogen-bond acceptors (Lipinski definition) is 8. The fourth-order valence-corrected chi connectivity index (χ4v) is 5.03. The lowest BCUT2D eigenvalue weighted by Gasteiger charge is -2.03. The summed E-state index contributed by atoms with van der Waals surface area (Å²) in [5.41, 5.74) is 0.978. The zero-order chi connectivity index (χ0) is 21.5. The molecule has 0 spiro atoms. The Morgan fingerprint density at radius 1 is 1.26 bits per heavy atom. The summed E-state index contributed by atoms with van der Waals surface area (Å²) in [4.78, 5) is 44.5. The molecule has 0 unspecified atom stereocenters. The van der Waals surface area contributed by atoms with Crippen LogP contribution in [0.5, 0.6) is 0 Å². The minimum atomic E-state index is -0.763. The number of thiophene rings is 1. The summed E-state index contributed by atoms with van der Waals surface area (Å²) in [5.74, 6) is -0.440. The molecule has 3 heterocycles. The number of para-hydroxylation sites is 1. The van der Waals surface area contributed by atoms with Crippen LogP contribution in [0, 0.1) is 10.1 Å². The van der Waals surface area contributed by atoms with Gasteiger partial charge in [0.05, 0.1) is 15.9 Å². The first kappa shape index (κ1) is 19.2. The second kappa shape index (κ2) is 7.47. The van der Waals surface area contributed by atoms with Crippen molar-refractivity contribution in [2.24, 2.45) is 0 Å². The molecule has 3 aromatic heterocycles. The van der Waals surface area contributed by atoms with Crippen LogP contribution in [0.15, 0.2) is 45.6 Å². The number of nitrogens with one attached hydrogen (secondary N) is 1. The average molecular weight is 437 g/mol. The molecule has 0 atom stereocenters. The van der Waals surface area contributed by atoms with Crippen LogP contribution in [0.3, 0.4) is 0 Å². The quantitative estimate of drug-likeness (QED) is 0.284. The maximum absolute atomic E-state index is 12.5. The number of fused-ring (bicyclic) bond motifs is 3. The Kier molecular flexibility index (Phi) is 4.63. The van der Waals surface area contributed by atoms with E-state index in [0.717, 1.165) is 24.8 Å². The van der Waals surface area contributed by atoms with Crippen molar-refractivity contribution in [1.29, 1.82) is 0 Å². The van der Waals surface area contributed by atoms with E-state index >= 15 is 0 Å². The molecule has 0 amide bonds. The number of aromatic nitrogens is 2. The summed E-state index contributed by atoms with van der Waals surface area (Å²) >= 11 is 1.50. The Labute approximate surface area is 178 Å². The number of nitro benzene ring substituents is 1. The number of hydrogen-bond donors (Lipinski definition) is 1. The number of carbonyl (C=O) groups is 1. The Morgan fingerprint density at radius 2 is 2.10 bits per heavy atom. The number of nitrogens with zero attached hydrogens (tertiary/aromatic N) is 2. The van der Waals surface area contributed by atoms with E-state index in [4.69, 9.17) is 9.15 Å². The summed E-state index contributed by atoms with van der Waals surface area (Å²) in [7, 11) is 0. The lowest BCUT2D eigenvalue weighted by Crippen LogP contribution is -2.14. The molecule has 1 N–H and O–H groups in total. The number of ether oxygens (including phenoxy) is 1. The van der Waals surface area contributed by atoms with Crippen LogP contribution >= 0.6 is 11.3 Å². The fourth-order valence-electron chi connectivity index (χ4n) is 3.75. The Morgan fingerprint density at radius 3 is 2.94 bits per heavy atom. The van der Waals surface area contributed by atoms with Crippen molar-refractivity contribution in [1.82, 2.24) is 9.97 Å². The van der Waals surface area contributed by atoms with E-state index in [1.807, 2.05) is 0 Å². The minimum Gasteiger partial charge on any atom is -0.452 e. The highest BCUT2D eigenvalue weighted by Crippen LogP contribution is 2.34. The van der Waals surface area contributed by atoms with Crippen LogP contribution in [0.25, 0.3) is 21.5 Å². The summed E-state index contributed by atoms with van der Waals surface area (Å²) in [5, 5.41) is 11.8. The molecule has 9 nitrogen and oxygen atoms in total. The van der Waals surface area contributed by atoms with Gasteiger partial charge in [0.1, 0.15) is 23.0 Å². The molecule has 156 valence electrons. The highest BCUT2D eigenvalue weighted by molar-refractivity contribution is 7.18. The van der Waals surface area contributed by atoms with Crippen molar-refractivity contribution >= 4 is 33.2 Å². The van der Waals surface area contributed by atoms with Gasteiger partial charge in [-0.25, -0.2) is 9.78 Å². The van der Waals surface area contributed by atoms with Crippen molar-refractivity contribution in [2.75, 3.05) is 0 Å². The third-order valence-corrected chi connectivity index (χ3v) is 6.32. The molecule has 0 aliphatic heterocycles. The van der Waals surface area contributed by atoms with E-state index in [0.29, 0.717) is 10.2 Å². The molecule has 1 aliphatic carbocycles. The molecule has 1 aliphatic rings. The van der Waals surface area contributed by atoms with Gasteiger partial charge in [-0.1, -0.05) is 12.1 Å². The van der Waals surface area contributed by atoms with Gasteiger partial charge in [0, 0.05) is 10.9 Å². The Bertz CT molecular complexity index is 1400. The highest BCUT2D eigenvalue weighted by atomic mass is 32.1. The lowest BCUT2D eigenvalue weighted by molar-refractivity contribution is -0.384. The number of H-pyrrole nitrogens is 1. The zero-order valence-electron chi connectivity index (χ0n) is 16.0. The molecule has 4 aromatic rings. The van der Waals surface area contributed by atoms with Crippen molar-refractivity contribution in [3.8, 4) is 11.3 Å². The monoisotopic (exact) mass is 437 g/mol. The van der Waals surface area contributed by atoms with Crippen LogP contribution in [0.4, 0.5) is 5.69 Å². The van der Waals surface area contributed by atoms with E-state index < -0.39 is 10.9 Å². The van der Waals surface area contributed by atoms with Gasteiger partial charge < -0.3 is 14.1 Å². The van der Waals surface area contributed by atoms with E-state index in [-0.39, 0.29) is 40.8 Å². The van der Waals surface area contributed by atoms with Crippen LogP contribution < -0.4 is 5.56 Å². The molecular formula is C21H15N3O6S. The molecule has 0 bridgehead atoms. The van der Waals surface area contributed by atoms with Crippen molar-refractivity contribution in [3.63, 3.8) is 0 Å². The van der Waals surface area contributed by atoms with Gasteiger partial charge in [0.25, 0.3) is 11.2 Å². The predicted molar refractivity (Wildman–Crippen MR) is 112 cm³/mol. The average Bonchev–Trinajstić information content (AvgIpc) is 3.47. The predicted octanol–water partition coefficient (Wildman–Crippen LogP) is 4.00. The van der Waals surface area contributed by atoms with Crippen LogP contribution in [0.2, 0.25) is 0 Å². The third kappa shape index (κ3) is 3.40. The number of benzene rings is 1. The first-order chi connectivity index (χ1) is 15.0. The highest BCUT2D eigenvalue weighted by Gasteiger charge is 2.22. The van der Waals surface area contributed by atoms with E-state index in [1.165, 1.54) is 40.5 Å². The van der Waals surface area contributed by atoms with Gasteiger partial charge in [0.2, 0.25) is 5.76 Å². The second-order valence-corrected chi connectivity index (χ2v) is 8.15. The standard InChI is InChI=1S/C21H15N3O6S/c25-19-18-12-5-3-7-16(12)31-20(18)23-17(22-19)10-29-21(26)15-9-8-14(30-15)11-4-1-2-6-13(11)24(27)28/h1-2,4,6,8-9H,3,5,7,10H2,(H,22,23,25). The van der Waals surface area contributed by atoms with E-state index in [2.05, 4.69) is 9.97 Å². The molecular weight excluding hydrogens is 422 g/mol. The van der Waals surface area contributed by atoms with Crippen molar-refractivity contribution < 1.29 is 18.9 Å². The summed E-state index contributed by atoms with van der Waals surface area (Å²) in [6.07, 6.45) is 2.89. The number of furan rings is 1. The van der Waals surface area contributed by atoms with Crippen LogP contribution in [-0.4, -0.2) is 20.9 Å².